The Kier molecular flexibility index (Phi) is 5.16. The first-order valence-corrected chi connectivity index (χ1v) is 6.44. The van der Waals surface area contributed by atoms with E-state index in [1.54, 1.807) is 0 Å². The third-order valence-corrected chi connectivity index (χ3v) is 2.58. The van der Waals surface area contributed by atoms with E-state index in [0.29, 0.717) is 0 Å². The first kappa shape index (κ1) is 14.2. The zero-order valence-corrected chi connectivity index (χ0v) is 11.6. The summed E-state index contributed by atoms with van der Waals surface area (Å²) in [5.74, 6) is 0.719. The number of hydrogen-bond donors (Lipinski definition) is 2. The number of benzene rings is 1. The summed E-state index contributed by atoms with van der Waals surface area (Å²) in [6.45, 7) is 10.3. The lowest BCUT2D eigenvalue weighted by Gasteiger charge is -2.19. The molecule has 0 saturated carbocycles. The summed E-state index contributed by atoms with van der Waals surface area (Å²) in [4.78, 5) is 0. The fourth-order valence-electron chi connectivity index (χ4n) is 1.79. The van der Waals surface area contributed by atoms with Crippen LogP contribution in [0, 0.1) is 5.92 Å². The Balaban J connectivity index is 2.40. The van der Waals surface area contributed by atoms with Gasteiger partial charge in [-0.05, 0) is 37.3 Å². The molecule has 0 aliphatic heterocycles. The van der Waals surface area contributed by atoms with Crippen LogP contribution in [-0.2, 0) is 13.0 Å². The molecule has 0 amide bonds. The molecule has 1 rings (SSSR count). The molecule has 2 heteroatoms. The molecular formula is C15H26N2. The van der Waals surface area contributed by atoms with Crippen molar-refractivity contribution in [3.8, 4) is 0 Å². The second kappa shape index (κ2) is 6.18. The highest BCUT2D eigenvalue weighted by Crippen LogP contribution is 2.09. The maximum atomic E-state index is 5.92. The van der Waals surface area contributed by atoms with Gasteiger partial charge in [-0.3, -0.25) is 0 Å². The Morgan fingerprint density at radius 3 is 2.12 bits per heavy atom. The molecule has 0 spiro atoms. The summed E-state index contributed by atoms with van der Waals surface area (Å²) >= 11 is 0. The van der Waals surface area contributed by atoms with Gasteiger partial charge in [0.05, 0.1) is 0 Å². The molecule has 0 aliphatic rings. The van der Waals surface area contributed by atoms with Gasteiger partial charge < -0.3 is 11.1 Å². The lowest BCUT2D eigenvalue weighted by atomic mass is 10.0. The highest BCUT2D eigenvalue weighted by molar-refractivity contribution is 5.22. The largest absolute Gasteiger partial charge is 0.324 e. The quantitative estimate of drug-likeness (QED) is 0.794. The Morgan fingerprint density at radius 2 is 1.65 bits per heavy atom. The molecule has 3 N–H and O–H groups in total. The maximum Gasteiger partial charge on any atom is 0.0223 e. The molecule has 96 valence electrons. The van der Waals surface area contributed by atoms with Crippen LogP contribution in [0.15, 0.2) is 24.3 Å². The lowest BCUT2D eigenvalue weighted by molar-refractivity contribution is 0.466. The monoisotopic (exact) mass is 234 g/mol. The third-order valence-electron chi connectivity index (χ3n) is 2.58. The SMILES string of the molecule is CC(C)Cc1ccc(CNCC(C)(C)N)cc1. The van der Waals surface area contributed by atoms with Gasteiger partial charge in [-0.2, -0.15) is 0 Å². The fourth-order valence-corrected chi connectivity index (χ4v) is 1.79. The first-order chi connectivity index (χ1) is 7.87. The van der Waals surface area contributed by atoms with Crippen molar-refractivity contribution in [2.45, 2.75) is 46.2 Å². The van der Waals surface area contributed by atoms with E-state index < -0.39 is 0 Å². The van der Waals surface area contributed by atoms with Gasteiger partial charge >= 0.3 is 0 Å². The van der Waals surface area contributed by atoms with Crippen molar-refractivity contribution in [3.63, 3.8) is 0 Å². The number of nitrogens with one attached hydrogen (secondary N) is 1. The number of nitrogens with two attached hydrogens (primary N) is 1. The van der Waals surface area contributed by atoms with Crippen LogP contribution in [0.1, 0.15) is 38.8 Å². The molecule has 0 fully saturated rings. The van der Waals surface area contributed by atoms with Gasteiger partial charge in [-0.25, -0.2) is 0 Å². The predicted molar refractivity (Wildman–Crippen MR) is 75.0 cm³/mol. The van der Waals surface area contributed by atoms with E-state index in [0.717, 1.165) is 25.4 Å². The van der Waals surface area contributed by atoms with E-state index in [1.807, 2.05) is 13.8 Å². The Morgan fingerprint density at radius 1 is 1.12 bits per heavy atom. The van der Waals surface area contributed by atoms with Gasteiger partial charge in [0.1, 0.15) is 0 Å². The Hall–Kier alpha value is -0.860. The number of rotatable bonds is 6. The minimum absolute atomic E-state index is 0.141. The van der Waals surface area contributed by atoms with Gasteiger partial charge in [0.25, 0.3) is 0 Å². The van der Waals surface area contributed by atoms with E-state index in [9.17, 15) is 0 Å². The van der Waals surface area contributed by atoms with Gasteiger partial charge in [0.15, 0.2) is 0 Å². The molecule has 0 aromatic heterocycles. The van der Waals surface area contributed by atoms with Crippen LogP contribution in [0.3, 0.4) is 0 Å². The number of hydrogen-bond acceptors (Lipinski definition) is 2. The van der Waals surface area contributed by atoms with Crippen molar-refractivity contribution in [2.24, 2.45) is 11.7 Å². The van der Waals surface area contributed by atoms with Crippen molar-refractivity contribution in [3.05, 3.63) is 35.4 Å². The van der Waals surface area contributed by atoms with Crippen LogP contribution in [-0.4, -0.2) is 12.1 Å². The molecule has 2 nitrogen and oxygen atoms in total. The molecule has 1 aromatic carbocycles. The fraction of sp³-hybridized carbons (Fsp3) is 0.600. The molecule has 0 unspecified atom stereocenters. The van der Waals surface area contributed by atoms with Crippen LogP contribution in [0.4, 0.5) is 0 Å². The molecule has 17 heavy (non-hydrogen) atoms. The smallest absolute Gasteiger partial charge is 0.0223 e. The minimum atomic E-state index is -0.141. The third kappa shape index (κ3) is 6.44. The van der Waals surface area contributed by atoms with Gasteiger partial charge in [-0.15, -0.1) is 0 Å². The Labute approximate surface area is 106 Å². The van der Waals surface area contributed by atoms with Crippen molar-refractivity contribution < 1.29 is 0 Å². The summed E-state index contributed by atoms with van der Waals surface area (Å²) in [6, 6.07) is 8.86. The van der Waals surface area contributed by atoms with Crippen LogP contribution < -0.4 is 11.1 Å². The van der Waals surface area contributed by atoms with E-state index in [2.05, 4.69) is 43.4 Å². The summed E-state index contributed by atoms with van der Waals surface area (Å²) in [5, 5.41) is 3.38. The normalized spacial score (nSPS) is 12.1. The molecule has 0 saturated heterocycles. The topological polar surface area (TPSA) is 38.0 Å². The average Bonchev–Trinajstić information content (AvgIpc) is 2.18. The minimum Gasteiger partial charge on any atom is -0.324 e. The van der Waals surface area contributed by atoms with Gasteiger partial charge in [0.2, 0.25) is 0 Å². The summed E-state index contributed by atoms with van der Waals surface area (Å²) in [6.07, 6.45) is 1.16. The van der Waals surface area contributed by atoms with Crippen molar-refractivity contribution >= 4 is 0 Å². The van der Waals surface area contributed by atoms with Crippen LogP contribution >= 0.6 is 0 Å². The summed E-state index contributed by atoms with van der Waals surface area (Å²) in [5.41, 5.74) is 8.52. The summed E-state index contributed by atoms with van der Waals surface area (Å²) < 4.78 is 0. The molecule has 0 radical (unpaired) electrons. The zero-order valence-electron chi connectivity index (χ0n) is 11.6. The van der Waals surface area contributed by atoms with E-state index in [-0.39, 0.29) is 5.54 Å². The zero-order chi connectivity index (χ0) is 12.9. The summed E-state index contributed by atoms with van der Waals surface area (Å²) in [7, 11) is 0. The van der Waals surface area contributed by atoms with Crippen LogP contribution in [0.5, 0.6) is 0 Å². The van der Waals surface area contributed by atoms with Crippen LogP contribution in [0.2, 0.25) is 0 Å². The molecular weight excluding hydrogens is 208 g/mol. The van der Waals surface area contributed by atoms with Gasteiger partial charge in [-0.1, -0.05) is 38.1 Å². The highest BCUT2D eigenvalue weighted by Gasteiger charge is 2.08. The highest BCUT2D eigenvalue weighted by atomic mass is 14.9. The molecule has 0 aliphatic carbocycles. The molecule has 0 atom stereocenters. The maximum absolute atomic E-state index is 5.92. The molecule has 0 heterocycles. The van der Waals surface area contributed by atoms with E-state index in [4.69, 9.17) is 5.73 Å². The second-order valence-corrected chi connectivity index (χ2v) is 6.01. The Bertz CT molecular complexity index is 320. The van der Waals surface area contributed by atoms with Crippen molar-refractivity contribution in [1.82, 2.24) is 5.32 Å². The average molecular weight is 234 g/mol. The standard InChI is InChI=1S/C15H26N2/c1-12(2)9-13-5-7-14(8-6-13)10-17-11-15(3,4)16/h5-8,12,17H,9-11,16H2,1-4H3. The second-order valence-electron chi connectivity index (χ2n) is 6.01. The first-order valence-electron chi connectivity index (χ1n) is 6.44. The molecule has 1 aromatic rings. The lowest BCUT2D eigenvalue weighted by Crippen LogP contribution is -2.42. The van der Waals surface area contributed by atoms with E-state index >= 15 is 0 Å². The predicted octanol–water partition coefficient (Wildman–Crippen LogP) is 2.71. The molecule has 0 bridgehead atoms. The van der Waals surface area contributed by atoms with Gasteiger partial charge in [0, 0.05) is 18.6 Å². The van der Waals surface area contributed by atoms with Crippen molar-refractivity contribution in [1.29, 1.82) is 0 Å². The van der Waals surface area contributed by atoms with Crippen molar-refractivity contribution in [2.75, 3.05) is 6.54 Å². The van der Waals surface area contributed by atoms with Crippen LogP contribution in [0.25, 0.3) is 0 Å². The van der Waals surface area contributed by atoms with E-state index in [1.165, 1.54) is 11.1 Å².